The molecule has 0 amide bonds. The van der Waals surface area contributed by atoms with E-state index in [2.05, 4.69) is 9.97 Å². The first-order valence-corrected chi connectivity index (χ1v) is 9.32. The SMILES string of the molecule is CC(=O)c1nc2c(=O)c3cc4c(cc3c2s1)c(=O)c1nc(C(C)=O)sc14. The molecule has 126 valence electrons. The fourth-order valence-electron chi connectivity index (χ4n) is 3.22. The monoisotopic (exact) mass is 380 g/mol. The zero-order valence-electron chi connectivity index (χ0n) is 13.5. The Morgan fingerprint density at radius 1 is 0.731 bits per heavy atom. The number of carbonyl (C=O) groups excluding carboxylic acids is 2. The largest absolute Gasteiger partial charge is 0.292 e. The summed E-state index contributed by atoms with van der Waals surface area (Å²) in [7, 11) is 0. The third kappa shape index (κ3) is 1.80. The lowest BCUT2D eigenvalue weighted by Crippen LogP contribution is -1.99. The molecule has 26 heavy (non-hydrogen) atoms. The summed E-state index contributed by atoms with van der Waals surface area (Å²) in [6.07, 6.45) is 0. The highest BCUT2D eigenvalue weighted by Crippen LogP contribution is 2.36. The van der Waals surface area contributed by atoms with E-state index >= 15 is 0 Å². The van der Waals surface area contributed by atoms with Crippen LogP contribution in [0.3, 0.4) is 0 Å². The first kappa shape index (κ1) is 15.4. The van der Waals surface area contributed by atoms with Gasteiger partial charge in [-0.3, -0.25) is 19.2 Å². The number of rotatable bonds is 2. The lowest BCUT2D eigenvalue weighted by Gasteiger charge is -1.93. The number of carbonyl (C=O) groups is 2. The highest BCUT2D eigenvalue weighted by atomic mass is 32.1. The van der Waals surface area contributed by atoms with Gasteiger partial charge in [-0.15, -0.1) is 22.7 Å². The predicted molar refractivity (Wildman–Crippen MR) is 103 cm³/mol. The third-order valence-electron chi connectivity index (χ3n) is 4.42. The summed E-state index contributed by atoms with van der Waals surface area (Å²) >= 11 is 2.33. The molecule has 0 unspecified atom stereocenters. The molecule has 0 atom stereocenters. The van der Waals surface area contributed by atoms with E-state index in [-0.39, 0.29) is 43.5 Å². The molecule has 6 nitrogen and oxygen atoms in total. The second-order valence-corrected chi connectivity index (χ2v) is 8.11. The van der Waals surface area contributed by atoms with Crippen LogP contribution < -0.4 is 10.9 Å². The lowest BCUT2D eigenvalue weighted by atomic mass is 10.1. The number of aromatic nitrogens is 2. The molecule has 5 rings (SSSR count). The summed E-state index contributed by atoms with van der Waals surface area (Å²) < 4.78 is 1.25. The van der Waals surface area contributed by atoms with Crippen LogP contribution >= 0.6 is 22.7 Å². The second-order valence-electron chi connectivity index (χ2n) is 6.11. The number of hydrogen-bond acceptors (Lipinski definition) is 8. The standard InChI is InChI=1S/C18H8N2O4S2/c1-5(21)17-19-11-13(23)7-4-10-8(3-9(7)15(11)25-17)14(24)12-16(10)26-18(20-12)6(2)22/h3-4H,1-2H3. The second kappa shape index (κ2) is 4.87. The Morgan fingerprint density at radius 3 is 1.46 bits per heavy atom. The zero-order valence-corrected chi connectivity index (χ0v) is 15.1. The molecule has 0 aliphatic rings. The van der Waals surface area contributed by atoms with Crippen molar-refractivity contribution in [1.82, 2.24) is 9.97 Å². The minimum absolute atomic E-state index is 0.195. The molecule has 0 fully saturated rings. The fraction of sp³-hybridized carbons (Fsp3) is 0.111. The van der Waals surface area contributed by atoms with Crippen LogP contribution in [0.25, 0.3) is 42.0 Å². The zero-order chi connectivity index (χ0) is 18.3. The van der Waals surface area contributed by atoms with Gasteiger partial charge in [0.25, 0.3) is 0 Å². The average Bonchev–Trinajstić information content (AvgIpc) is 3.31. The van der Waals surface area contributed by atoms with Gasteiger partial charge in [0.15, 0.2) is 21.6 Å². The molecule has 8 heteroatoms. The summed E-state index contributed by atoms with van der Waals surface area (Å²) in [5.41, 5.74) is 0.0260. The van der Waals surface area contributed by atoms with Gasteiger partial charge in [-0.2, -0.15) is 0 Å². The number of thiazole rings is 2. The van der Waals surface area contributed by atoms with Crippen LogP contribution in [0, 0.1) is 0 Å². The Hall–Kier alpha value is -2.84. The van der Waals surface area contributed by atoms with Gasteiger partial charge in [0.05, 0.1) is 9.40 Å². The van der Waals surface area contributed by atoms with Gasteiger partial charge in [-0.1, -0.05) is 0 Å². The van der Waals surface area contributed by atoms with Crippen molar-refractivity contribution in [3.8, 4) is 0 Å². The van der Waals surface area contributed by atoms with E-state index in [0.29, 0.717) is 30.9 Å². The van der Waals surface area contributed by atoms with Crippen LogP contribution in [0.5, 0.6) is 0 Å². The van der Waals surface area contributed by atoms with Crippen molar-refractivity contribution in [2.75, 3.05) is 0 Å². The lowest BCUT2D eigenvalue weighted by molar-refractivity contribution is 0.100. The maximum Gasteiger partial charge on any atom is 0.213 e. The van der Waals surface area contributed by atoms with Crippen LogP contribution in [-0.2, 0) is 0 Å². The molecule has 2 aromatic heterocycles. The quantitative estimate of drug-likeness (QED) is 0.437. The Balaban J connectivity index is 1.96. The van der Waals surface area contributed by atoms with Crippen molar-refractivity contribution in [3.63, 3.8) is 0 Å². The van der Waals surface area contributed by atoms with Crippen molar-refractivity contribution in [1.29, 1.82) is 0 Å². The third-order valence-corrected chi connectivity index (χ3v) is 6.80. The Kier molecular flexibility index (Phi) is 2.88. The van der Waals surface area contributed by atoms with Gasteiger partial charge in [-0.25, -0.2) is 9.97 Å². The van der Waals surface area contributed by atoms with E-state index in [4.69, 9.17) is 0 Å². The molecule has 3 aromatic carbocycles. The maximum absolute atomic E-state index is 12.7. The molecule has 0 spiro atoms. The average molecular weight is 380 g/mol. The molecular weight excluding hydrogens is 372 g/mol. The molecule has 0 aliphatic carbocycles. The summed E-state index contributed by atoms with van der Waals surface area (Å²) in [5, 5.41) is 2.76. The minimum Gasteiger partial charge on any atom is -0.292 e. The summed E-state index contributed by atoms with van der Waals surface area (Å²) in [4.78, 5) is 56.9. The Labute approximate surface area is 152 Å². The smallest absolute Gasteiger partial charge is 0.213 e. The van der Waals surface area contributed by atoms with Gasteiger partial charge in [0, 0.05) is 35.4 Å². The number of nitrogens with zero attached hydrogens (tertiary/aromatic N) is 2. The van der Waals surface area contributed by atoms with E-state index in [1.807, 2.05) is 0 Å². The molecule has 0 aliphatic heterocycles. The van der Waals surface area contributed by atoms with Gasteiger partial charge in [-0.05, 0) is 12.1 Å². The number of hydrogen-bond donors (Lipinski definition) is 0. The molecule has 5 aromatic rings. The normalized spacial score (nSPS) is 12.1. The van der Waals surface area contributed by atoms with Gasteiger partial charge >= 0.3 is 0 Å². The van der Waals surface area contributed by atoms with Crippen LogP contribution in [-0.4, -0.2) is 21.5 Å². The molecular formula is C18H8N2O4S2. The predicted octanol–water partition coefficient (Wildman–Crippen LogP) is 3.21. The Bertz CT molecular complexity index is 1410. The number of benzene rings is 1. The molecule has 0 radical (unpaired) electrons. The molecule has 0 saturated heterocycles. The van der Waals surface area contributed by atoms with Crippen molar-refractivity contribution in [2.24, 2.45) is 0 Å². The van der Waals surface area contributed by atoms with Crippen molar-refractivity contribution < 1.29 is 9.59 Å². The number of fused-ring (bicyclic) bond motifs is 6. The first-order valence-electron chi connectivity index (χ1n) is 7.68. The molecule has 0 N–H and O–H groups in total. The number of Topliss-reactive ketones (excluding diaryl/α,β-unsaturated/α-hetero) is 2. The van der Waals surface area contributed by atoms with E-state index < -0.39 is 0 Å². The van der Waals surface area contributed by atoms with E-state index in [1.165, 1.54) is 36.5 Å². The summed E-state index contributed by atoms with van der Waals surface area (Å²) in [6, 6.07) is 3.36. The molecule has 0 bridgehead atoms. The fourth-order valence-corrected chi connectivity index (χ4v) is 5.20. The minimum atomic E-state index is -0.251. The van der Waals surface area contributed by atoms with Crippen LogP contribution in [0.1, 0.15) is 33.5 Å². The van der Waals surface area contributed by atoms with E-state index in [0.717, 1.165) is 0 Å². The maximum atomic E-state index is 12.7. The molecule has 0 saturated carbocycles. The first-order chi connectivity index (χ1) is 12.4. The highest BCUT2D eigenvalue weighted by Gasteiger charge is 2.22. The Morgan fingerprint density at radius 2 is 1.12 bits per heavy atom. The highest BCUT2D eigenvalue weighted by molar-refractivity contribution is 7.22. The van der Waals surface area contributed by atoms with Crippen LogP contribution in [0.2, 0.25) is 0 Å². The van der Waals surface area contributed by atoms with E-state index in [9.17, 15) is 19.2 Å². The van der Waals surface area contributed by atoms with Crippen molar-refractivity contribution in [2.45, 2.75) is 13.8 Å². The summed E-state index contributed by atoms with van der Waals surface area (Å²) in [5.74, 6) is -0.391. The topological polar surface area (TPSA) is 94.1 Å². The van der Waals surface area contributed by atoms with Crippen molar-refractivity contribution >= 4 is 76.2 Å². The van der Waals surface area contributed by atoms with Gasteiger partial charge in [0.1, 0.15) is 11.0 Å². The molecule has 2 heterocycles. The number of ketones is 2. The van der Waals surface area contributed by atoms with E-state index in [1.54, 1.807) is 12.1 Å². The van der Waals surface area contributed by atoms with Crippen molar-refractivity contribution in [3.05, 3.63) is 42.6 Å². The van der Waals surface area contributed by atoms with Gasteiger partial charge in [0.2, 0.25) is 10.9 Å². The van der Waals surface area contributed by atoms with Crippen LogP contribution in [0.15, 0.2) is 21.7 Å². The van der Waals surface area contributed by atoms with Crippen LogP contribution in [0.4, 0.5) is 0 Å². The van der Waals surface area contributed by atoms with Gasteiger partial charge < -0.3 is 0 Å². The summed E-state index contributed by atoms with van der Waals surface area (Å²) in [6.45, 7) is 2.81.